The van der Waals surface area contributed by atoms with E-state index in [1.807, 2.05) is 0 Å². The lowest BCUT2D eigenvalue weighted by molar-refractivity contribution is -0.0501. The number of carboxylic acids is 1. The molecule has 2 N–H and O–H groups in total. The Morgan fingerprint density at radius 1 is 1.25 bits per heavy atom. The molecule has 0 aliphatic carbocycles. The molecule has 0 spiro atoms. The Hall–Kier alpha value is -2.70. The van der Waals surface area contributed by atoms with Gasteiger partial charge in [-0.3, -0.25) is 4.79 Å². The second kappa shape index (κ2) is 5.52. The van der Waals surface area contributed by atoms with Gasteiger partial charge in [0.05, 0.1) is 5.56 Å². The summed E-state index contributed by atoms with van der Waals surface area (Å²) in [6, 6.07) is 6.64. The van der Waals surface area contributed by atoms with Crippen molar-refractivity contribution in [2.75, 3.05) is 0 Å². The van der Waals surface area contributed by atoms with Crippen molar-refractivity contribution in [1.82, 2.24) is 4.98 Å². The number of aromatic carboxylic acids is 1. The summed E-state index contributed by atoms with van der Waals surface area (Å²) in [4.78, 5) is 25.3. The van der Waals surface area contributed by atoms with Gasteiger partial charge in [0.2, 0.25) is 0 Å². The van der Waals surface area contributed by atoms with Crippen LogP contribution < -0.4 is 4.74 Å². The summed E-state index contributed by atoms with van der Waals surface area (Å²) in [6.45, 7) is -3.05. The molecule has 0 aliphatic heterocycles. The van der Waals surface area contributed by atoms with Gasteiger partial charge in [0.15, 0.2) is 5.78 Å². The van der Waals surface area contributed by atoms with E-state index in [9.17, 15) is 18.4 Å². The number of halogens is 2. The largest absolute Gasteiger partial charge is 0.477 e. The molecule has 1 aromatic heterocycles. The quantitative estimate of drug-likeness (QED) is 0.825. The van der Waals surface area contributed by atoms with Crippen molar-refractivity contribution >= 4 is 11.8 Å². The fourth-order valence-electron chi connectivity index (χ4n) is 1.66. The summed E-state index contributed by atoms with van der Waals surface area (Å²) in [6.07, 6.45) is 1.20. The van der Waals surface area contributed by atoms with Crippen LogP contribution in [0.1, 0.15) is 26.4 Å². The van der Waals surface area contributed by atoms with Gasteiger partial charge >= 0.3 is 12.6 Å². The lowest BCUT2D eigenvalue weighted by atomic mass is 10.0. The highest BCUT2D eigenvalue weighted by Crippen LogP contribution is 2.23. The second-order valence-electron chi connectivity index (χ2n) is 3.81. The normalized spacial score (nSPS) is 10.6. The van der Waals surface area contributed by atoms with E-state index in [1.165, 1.54) is 30.5 Å². The average Bonchev–Trinajstić information content (AvgIpc) is 2.87. The maximum Gasteiger partial charge on any atom is 0.387 e. The first-order valence-corrected chi connectivity index (χ1v) is 5.49. The average molecular weight is 281 g/mol. The number of hydrogen-bond acceptors (Lipinski definition) is 3. The van der Waals surface area contributed by atoms with E-state index in [2.05, 4.69) is 9.72 Å². The molecule has 1 aromatic carbocycles. The molecule has 104 valence electrons. The summed E-state index contributed by atoms with van der Waals surface area (Å²) in [5.41, 5.74) is -0.183. The van der Waals surface area contributed by atoms with Crippen LogP contribution in [0.25, 0.3) is 0 Å². The fourth-order valence-corrected chi connectivity index (χ4v) is 1.66. The molecule has 7 heteroatoms. The van der Waals surface area contributed by atoms with E-state index in [-0.39, 0.29) is 22.6 Å². The van der Waals surface area contributed by atoms with Gasteiger partial charge in [-0.1, -0.05) is 12.1 Å². The third-order valence-electron chi connectivity index (χ3n) is 2.52. The molecule has 0 saturated heterocycles. The zero-order valence-corrected chi connectivity index (χ0v) is 9.97. The van der Waals surface area contributed by atoms with Gasteiger partial charge in [-0.05, 0) is 18.2 Å². The van der Waals surface area contributed by atoms with Gasteiger partial charge in [0, 0.05) is 11.8 Å². The standard InChI is InChI=1S/C13H9F2NO4/c14-13(15)20-10-4-2-1-3-8(10)11(17)7-5-9(12(18)19)16-6-7/h1-6,13,16H,(H,18,19). The van der Waals surface area contributed by atoms with Gasteiger partial charge in [0.25, 0.3) is 0 Å². The fraction of sp³-hybridized carbons (Fsp3) is 0.0769. The summed E-state index contributed by atoms with van der Waals surface area (Å²) < 4.78 is 28.8. The van der Waals surface area contributed by atoms with E-state index in [4.69, 9.17) is 5.11 Å². The maximum atomic E-state index is 12.3. The topological polar surface area (TPSA) is 79.4 Å². The number of carboxylic acid groups (broad SMARTS) is 1. The zero-order valence-electron chi connectivity index (χ0n) is 9.97. The third-order valence-corrected chi connectivity index (χ3v) is 2.52. The number of para-hydroxylation sites is 1. The molecule has 5 nitrogen and oxygen atoms in total. The van der Waals surface area contributed by atoms with Crippen LogP contribution in [0.5, 0.6) is 5.75 Å². The molecule has 2 aromatic rings. The van der Waals surface area contributed by atoms with Crippen molar-refractivity contribution in [2.24, 2.45) is 0 Å². The van der Waals surface area contributed by atoms with Crippen LogP contribution in [0, 0.1) is 0 Å². The maximum absolute atomic E-state index is 12.3. The van der Waals surface area contributed by atoms with E-state index in [0.717, 1.165) is 6.07 Å². The molecule has 0 radical (unpaired) electrons. The van der Waals surface area contributed by atoms with E-state index >= 15 is 0 Å². The Labute approximate surface area is 111 Å². The number of ether oxygens (including phenoxy) is 1. The minimum atomic E-state index is -3.05. The van der Waals surface area contributed by atoms with Crippen molar-refractivity contribution in [2.45, 2.75) is 6.61 Å². The van der Waals surface area contributed by atoms with Crippen LogP contribution in [0.15, 0.2) is 36.5 Å². The summed E-state index contributed by atoms with van der Waals surface area (Å²) >= 11 is 0. The molecule has 0 saturated carbocycles. The lowest BCUT2D eigenvalue weighted by Gasteiger charge is -2.08. The number of rotatable bonds is 5. The first kappa shape index (κ1) is 13.7. The zero-order chi connectivity index (χ0) is 14.7. The smallest absolute Gasteiger partial charge is 0.387 e. The predicted molar refractivity (Wildman–Crippen MR) is 64.3 cm³/mol. The van der Waals surface area contributed by atoms with Gasteiger partial charge < -0.3 is 14.8 Å². The van der Waals surface area contributed by atoms with Crippen LogP contribution in [0.2, 0.25) is 0 Å². The van der Waals surface area contributed by atoms with Crippen LogP contribution >= 0.6 is 0 Å². The number of aromatic nitrogens is 1. The number of benzene rings is 1. The van der Waals surface area contributed by atoms with Crippen LogP contribution in [-0.2, 0) is 0 Å². The Kier molecular flexibility index (Phi) is 3.79. The molecular weight excluding hydrogens is 272 g/mol. The second-order valence-corrected chi connectivity index (χ2v) is 3.81. The van der Waals surface area contributed by atoms with Gasteiger partial charge in [-0.15, -0.1) is 0 Å². The minimum absolute atomic E-state index is 0.0488. The molecule has 0 amide bonds. The van der Waals surface area contributed by atoms with Crippen molar-refractivity contribution in [3.63, 3.8) is 0 Å². The van der Waals surface area contributed by atoms with E-state index in [0.29, 0.717) is 0 Å². The number of alkyl halides is 2. The first-order chi connectivity index (χ1) is 9.49. The summed E-state index contributed by atoms with van der Waals surface area (Å²) in [7, 11) is 0. The Bertz CT molecular complexity index is 651. The lowest BCUT2D eigenvalue weighted by Crippen LogP contribution is -2.08. The van der Waals surface area contributed by atoms with Gasteiger partial charge in [-0.2, -0.15) is 8.78 Å². The molecule has 0 atom stereocenters. The third kappa shape index (κ3) is 2.82. The minimum Gasteiger partial charge on any atom is -0.477 e. The highest BCUT2D eigenvalue weighted by Gasteiger charge is 2.19. The molecule has 0 aliphatic rings. The Morgan fingerprint density at radius 3 is 2.55 bits per heavy atom. The van der Waals surface area contributed by atoms with Crippen molar-refractivity contribution < 1.29 is 28.2 Å². The molecule has 0 unspecified atom stereocenters. The number of aromatic amines is 1. The number of carbonyl (C=O) groups excluding carboxylic acids is 1. The molecular formula is C13H9F2NO4. The molecule has 2 rings (SSSR count). The predicted octanol–water partition coefficient (Wildman–Crippen LogP) is 2.55. The van der Waals surface area contributed by atoms with Gasteiger partial charge in [-0.25, -0.2) is 4.79 Å². The number of H-pyrrole nitrogens is 1. The van der Waals surface area contributed by atoms with Crippen molar-refractivity contribution in [1.29, 1.82) is 0 Å². The van der Waals surface area contributed by atoms with E-state index in [1.54, 1.807) is 0 Å². The van der Waals surface area contributed by atoms with Crippen molar-refractivity contribution in [3.05, 3.63) is 53.3 Å². The van der Waals surface area contributed by atoms with Gasteiger partial charge in [0.1, 0.15) is 11.4 Å². The number of carbonyl (C=O) groups is 2. The van der Waals surface area contributed by atoms with Crippen LogP contribution in [-0.4, -0.2) is 28.5 Å². The molecule has 0 fully saturated rings. The van der Waals surface area contributed by atoms with Crippen LogP contribution in [0.3, 0.4) is 0 Å². The highest BCUT2D eigenvalue weighted by atomic mass is 19.3. The number of ketones is 1. The molecule has 0 bridgehead atoms. The SMILES string of the molecule is O=C(O)c1cc(C(=O)c2ccccc2OC(F)F)c[nH]1. The number of hydrogen-bond donors (Lipinski definition) is 2. The molecule has 20 heavy (non-hydrogen) atoms. The van der Waals surface area contributed by atoms with E-state index < -0.39 is 18.4 Å². The summed E-state index contributed by atoms with van der Waals surface area (Å²) in [5.74, 6) is -2.09. The van der Waals surface area contributed by atoms with Crippen LogP contribution in [0.4, 0.5) is 8.78 Å². The van der Waals surface area contributed by atoms with Crippen molar-refractivity contribution in [3.8, 4) is 5.75 Å². The highest BCUT2D eigenvalue weighted by molar-refractivity contribution is 6.11. The Balaban J connectivity index is 2.35. The first-order valence-electron chi connectivity index (χ1n) is 5.49. The number of nitrogens with one attached hydrogen (secondary N) is 1. The Morgan fingerprint density at radius 2 is 1.95 bits per heavy atom. The monoisotopic (exact) mass is 281 g/mol. The molecule has 1 heterocycles. The summed E-state index contributed by atoms with van der Waals surface area (Å²) in [5, 5.41) is 8.76.